The number of nitrogens with one attached hydrogen (secondary N) is 2. The van der Waals surface area contributed by atoms with Gasteiger partial charge >= 0.3 is 0 Å². The fourth-order valence-electron chi connectivity index (χ4n) is 3.33. The maximum Gasteiger partial charge on any atom is 0.235 e. The summed E-state index contributed by atoms with van der Waals surface area (Å²) >= 11 is 0. The van der Waals surface area contributed by atoms with Crippen LogP contribution in [-0.4, -0.2) is 29.6 Å². The van der Waals surface area contributed by atoms with Gasteiger partial charge in [-0.25, -0.2) is 0 Å². The highest BCUT2D eigenvalue weighted by Gasteiger charge is 2.28. The monoisotopic (exact) mass is 341 g/mol. The quantitative estimate of drug-likeness (QED) is 0.761. The molecule has 0 amide bonds. The minimum absolute atomic E-state index is 0.00494. The highest BCUT2D eigenvalue weighted by atomic mass is 16.1. The summed E-state index contributed by atoms with van der Waals surface area (Å²) in [4.78, 5) is 29.0. The van der Waals surface area contributed by atoms with Crippen molar-refractivity contribution in [3.8, 4) is 0 Å². The van der Waals surface area contributed by atoms with Crippen LogP contribution in [0.1, 0.15) is 64.0 Å². The number of carbonyl (C=O) groups is 2. The van der Waals surface area contributed by atoms with Crippen LogP contribution < -0.4 is 4.90 Å². The summed E-state index contributed by atoms with van der Waals surface area (Å²) in [6.45, 7) is 10.1. The normalized spacial score (nSPS) is 13.5. The number of Topliss-reactive ketones (excluding diaryl/α,β-unsaturated/α-hetero) is 2. The molecule has 0 saturated heterocycles. The maximum atomic E-state index is 12.9. The first-order chi connectivity index (χ1) is 11.8. The lowest BCUT2D eigenvalue weighted by Gasteiger charge is -2.21. The molecule has 0 aliphatic carbocycles. The minimum atomic E-state index is -0.192. The number of H-pyrrole nitrogens is 1. The van der Waals surface area contributed by atoms with Gasteiger partial charge in [-0.05, 0) is 45.2 Å². The number of likely N-dealkylation sites (N-methyl/N-ethyl adjacent to an activating group) is 1. The van der Waals surface area contributed by atoms with Crippen LogP contribution in [0.4, 0.5) is 0 Å². The van der Waals surface area contributed by atoms with Crippen molar-refractivity contribution < 1.29 is 14.5 Å². The lowest BCUT2D eigenvalue weighted by molar-refractivity contribution is -0.907. The van der Waals surface area contributed by atoms with E-state index in [1.807, 2.05) is 27.8 Å². The maximum absolute atomic E-state index is 12.9. The van der Waals surface area contributed by atoms with E-state index < -0.39 is 0 Å². The van der Waals surface area contributed by atoms with E-state index in [4.69, 9.17) is 0 Å². The van der Waals surface area contributed by atoms with Crippen molar-refractivity contribution in [2.75, 3.05) is 7.05 Å². The third-order valence-electron chi connectivity index (χ3n) is 5.08. The van der Waals surface area contributed by atoms with E-state index in [0.717, 1.165) is 29.1 Å². The largest absolute Gasteiger partial charge is 0.355 e. The third-order valence-corrected chi connectivity index (χ3v) is 5.08. The van der Waals surface area contributed by atoms with Gasteiger partial charge in [0.15, 0.2) is 11.8 Å². The van der Waals surface area contributed by atoms with Crippen molar-refractivity contribution in [2.45, 2.75) is 53.6 Å². The van der Waals surface area contributed by atoms with Crippen molar-refractivity contribution in [2.24, 2.45) is 0 Å². The van der Waals surface area contributed by atoms with Crippen LogP contribution in [0.3, 0.4) is 0 Å². The van der Waals surface area contributed by atoms with Crippen LogP contribution in [0, 0.1) is 13.8 Å². The Kier molecular flexibility index (Phi) is 5.96. The summed E-state index contributed by atoms with van der Waals surface area (Å²) in [6.07, 6.45) is 1.03. The van der Waals surface area contributed by atoms with Crippen LogP contribution in [0.2, 0.25) is 0 Å². The van der Waals surface area contributed by atoms with Gasteiger partial charge in [0.05, 0.1) is 12.7 Å². The lowest BCUT2D eigenvalue weighted by atomic mass is 10.0. The Morgan fingerprint density at radius 2 is 1.68 bits per heavy atom. The van der Waals surface area contributed by atoms with Crippen LogP contribution in [-0.2, 0) is 13.0 Å². The number of benzene rings is 1. The second kappa shape index (κ2) is 7.79. The molecular formula is C21H29N2O2+. The molecule has 1 aromatic carbocycles. The van der Waals surface area contributed by atoms with Gasteiger partial charge in [0, 0.05) is 16.8 Å². The van der Waals surface area contributed by atoms with Crippen LogP contribution in [0.15, 0.2) is 24.3 Å². The van der Waals surface area contributed by atoms with E-state index in [0.29, 0.717) is 11.3 Å². The molecule has 2 rings (SSSR count). The second-order valence-electron chi connectivity index (χ2n) is 6.96. The number of hydrogen-bond acceptors (Lipinski definition) is 2. The average Bonchev–Trinajstić information content (AvgIpc) is 2.88. The summed E-state index contributed by atoms with van der Waals surface area (Å²) in [7, 11) is 2.04. The zero-order valence-corrected chi connectivity index (χ0v) is 16.1. The summed E-state index contributed by atoms with van der Waals surface area (Å²) in [5.41, 5.74) is 5.28. The molecule has 0 spiro atoms. The van der Waals surface area contributed by atoms with E-state index in [9.17, 15) is 9.59 Å². The second-order valence-corrected chi connectivity index (χ2v) is 6.96. The molecule has 1 aromatic heterocycles. The van der Waals surface area contributed by atoms with E-state index in [-0.39, 0.29) is 17.6 Å². The first kappa shape index (κ1) is 19.1. The van der Waals surface area contributed by atoms with Crippen LogP contribution in [0.25, 0.3) is 0 Å². The summed E-state index contributed by atoms with van der Waals surface area (Å²) in [6, 6.07) is 8.37. The summed E-state index contributed by atoms with van der Waals surface area (Å²) in [5.74, 6) is 0.0467. The molecule has 134 valence electrons. The molecular weight excluding hydrogens is 312 g/mol. The Bertz CT molecular complexity index is 772. The fourth-order valence-corrected chi connectivity index (χ4v) is 3.33. The molecule has 0 radical (unpaired) electrons. The van der Waals surface area contributed by atoms with E-state index in [1.54, 1.807) is 0 Å². The van der Waals surface area contributed by atoms with Crippen molar-refractivity contribution in [1.29, 1.82) is 0 Å². The highest BCUT2D eigenvalue weighted by molar-refractivity contribution is 6.04. The third kappa shape index (κ3) is 4.07. The molecule has 25 heavy (non-hydrogen) atoms. The standard InChI is InChI=1S/C21H28N2O2/c1-7-17-8-10-18(11-9-17)12-23(6)15(4)21(25)20-13(2)19(16(5)24)14(3)22-20/h8-11,15,22H,7,12H2,1-6H3/p+1/t15-/m0/s1. The van der Waals surface area contributed by atoms with Gasteiger partial charge in [-0.15, -0.1) is 0 Å². The number of ketones is 2. The predicted molar refractivity (Wildman–Crippen MR) is 100 cm³/mol. The Morgan fingerprint density at radius 3 is 2.16 bits per heavy atom. The Hall–Kier alpha value is -2.20. The molecule has 4 nitrogen and oxygen atoms in total. The molecule has 0 bridgehead atoms. The molecule has 0 fully saturated rings. The van der Waals surface area contributed by atoms with Gasteiger partial charge in [0.1, 0.15) is 6.54 Å². The van der Waals surface area contributed by atoms with Gasteiger partial charge in [0.25, 0.3) is 0 Å². The molecule has 0 aliphatic rings. The van der Waals surface area contributed by atoms with Gasteiger partial charge in [0.2, 0.25) is 5.78 Å². The van der Waals surface area contributed by atoms with Gasteiger partial charge in [-0.3, -0.25) is 9.59 Å². The summed E-state index contributed by atoms with van der Waals surface area (Å²) < 4.78 is 0. The predicted octanol–water partition coefficient (Wildman–Crippen LogP) is 2.68. The Balaban J connectivity index is 2.15. The molecule has 0 saturated carbocycles. The highest BCUT2D eigenvalue weighted by Crippen LogP contribution is 2.19. The van der Waals surface area contributed by atoms with Crippen molar-refractivity contribution in [3.63, 3.8) is 0 Å². The number of aromatic nitrogens is 1. The smallest absolute Gasteiger partial charge is 0.235 e. The first-order valence-corrected chi connectivity index (χ1v) is 8.90. The van der Waals surface area contributed by atoms with Crippen molar-refractivity contribution in [3.05, 3.63) is 57.9 Å². The molecule has 2 N–H and O–H groups in total. The fraction of sp³-hybridized carbons (Fsp3) is 0.429. The number of hydrogen-bond donors (Lipinski definition) is 2. The first-order valence-electron chi connectivity index (χ1n) is 8.90. The zero-order chi connectivity index (χ0) is 18.7. The summed E-state index contributed by atoms with van der Waals surface area (Å²) in [5, 5.41) is 0. The van der Waals surface area contributed by atoms with Gasteiger partial charge in [-0.1, -0.05) is 31.2 Å². The minimum Gasteiger partial charge on any atom is -0.355 e. The van der Waals surface area contributed by atoms with Crippen LogP contribution in [0.5, 0.6) is 0 Å². The van der Waals surface area contributed by atoms with E-state index >= 15 is 0 Å². The Morgan fingerprint density at radius 1 is 1.12 bits per heavy atom. The average molecular weight is 341 g/mol. The molecule has 0 aliphatic heterocycles. The topological polar surface area (TPSA) is 54.4 Å². The Labute approximate surface area is 150 Å². The molecule has 4 heteroatoms. The molecule has 2 aromatic rings. The van der Waals surface area contributed by atoms with Gasteiger partial charge < -0.3 is 9.88 Å². The van der Waals surface area contributed by atoms with E-state index in [1.165, 1.54) is 18.1 Å². The van der Waals surface area contributed by atoms with Crippen molar-refractivity contribution in [1.82, 2.24) is 4.98 Å². The molecule has 1 heterocycles. The molecule has 2 atom stereocenters. The van der Waals surface area contributed by atoms with Crippen molar-refractivity contribution >= 4 is 11.6 Å². The number of carbonyl (C=O) groups excluding carboxylic acids is 2. The number of quaternary nitrogens is 1. The van der Waals surface area contributed by atoms with E-state index in [2.05, 4.69) is 36.2 Å². The number of aryl methyl sites for hydroxylation is 2. The SMILES string of the molecule is CCc1ccc(C[NH+](C)[C@@H](C)C(=O)c2[nH]c(C)c(C(C)=O)c2C)cc1. The number of aromatic amines is 1. The molecule has 1 unspecified atom stereocenters. The lowest BCUT2D eigenvalue weighted by Crippen LogP contribution is -3.12. The van der Waals surface area contributed by atoms with Crippen LogP contribution >= 0.6 is 0 Å². The van der Waals surface area contributed by atoms with Gasteiger partial charge in [-0.2, -0.15) is 0 Å². The zero-order valence-electron chi connectivity index (χ0n) is 16.1. The number of rotatable bonds is 7.